The SMILES string of the molecule is O=[N+]([O-])c1ccc2c(c1)CCc1nnc(C3CCN(S(=O)(=O)c4cccc(F)c4)CC3)n1-2. The summed E-state index contributed by atoms with van der Waals surface area (Å²) in [4.78, 5) is 10.7. The Labute approximate surface area is 183 Å². The number of nitrogens with zero attached hydrogens (tertiary/aromatic N) is 5. The van der Waals surface area contributed by atoms with E-state index in [0.29, 0.717) is 38.8 Å². The third-order valence-corrected chi connectivity index (χ3v) is 8.04. The van der Waals surface area contributed by atoms with Gasteiger partial charge in [-0.15, -0.1) is 10.2 Å². The number of aromatic nitrogens is 3. The molecule has 32 heavy (non-hydrogen) atoms. The minimum Gasteiger partial charge on any atom is -0.282 e. The lowest BCUT2D eigenvalue weighted by Gasteiger charge is -2.31. The van der Waals surface area contributed by atoms with Crippen LogP contribution in [-0.2, 0) is 22.9 Å². The van der Waals surface area contributed by atoms with E-state index in [9.17, 15) is 22.9 Å². The maximum atomic E-state index is 13.5. The van der Waals surface area contributed by atoms with E-state index in [1.54, 1.807) is 12.1 Å². The maximum absolute atomic E-state index is 13.5. The standard InChI is InChI=1S/C21H20FN5O4S/c22-16-2-1-3-18(13-16)32(30,31)25-10-8-14(9-11-25)21-24-23-20-7-4-15-12-17(27(28)29)5-6-19(15)26(20)21/h1-3,5-6,12-14H,4,7-11H2. The molecule has 0 N–H and O–H groups in total. The fraction of sp³-hybridized carbons (Fsp3) is 0.333. The van der Waals surface area contributed by atoms with Gasteiger partial charge in [0.25, 0.3) is 5.69 Å². The van der Waals surface area contributed by atoms with Crippen molar-refractivity contribution in [1.29, 1.82) is 0 Å². The number of piperidine rings is 1. The van der Waals surface area contributed by atoms with Gasteiger partial charge in [0, 0.05) is 37.6 Å². The number of hydrogen-bond donors (Lipinski definition) is 0. The van der Waals surface area contributed by atoms with Crippen LogP contribution in [0.2, 0.25) is 0 Å². The Bertz CT molecular complexity index is 1320. The van der Waals surface area contributed by atoms with Crippen LogP contribution >= 0.6 is 0 Å². The van der Waals surface area contributed by atoms with Gasteiger partial charge >= 0.3 is 0 Å². The van der Waals surface area contributed by atoms with Crippen LogP contribution in [0.4, 0.5) is 10.1 Å². The van der Waals surface area contributed by atoms with Gasteiger partial charge in [-0.3, -0.25) is 14.7 Å². The summed E-state index contributed by atoms with van der Waals surface area (Å²) in [6, 6.07) is 9.84. The fourth-order valence-corrected chi connectivity index (χ4v) is 6.00. The lowest BCUT2D eigenvalue weighted by molar-refractivity contribution is -0.384. The molecule has 166 valence electrons. The van der Waals surface area contributed by atoms with Gasteiger partial charge < -0.3 is 0 Å². The molecule has 1 aromatic heterocycles. The van der Waals surface area contributed by atoms with E-state index in [0.717, 1.165) is 29.0 Å². The second-order valence-electron chi connectivity index (χ2n) is 8.02. The first kappa shape index (κ1) is 20.7. The molecular weight excluding hydrogens is 437 g/mol. The van der Waals surface area contributed by atoms with Crippen LogP contribution < -0.4 is 0 Å². The molecule has 0 unspecified atom stereocenters. The zero-order chi connectivity index (χ0) is 22.5. The number of sulfonamides is 1. The van der Waals surface area contributed by atoms with Crippen molar-refractivity contribution in [3.8, 4) is 5.69 Å². The number of nitro groups is 1. The van der Waals surface area contributed by atoms with E-state index in [1.807, 2.05) is 4.57 Å². The Morgan fingerprint density at radius 1 is 1.06 bits per heavy atom. The van der Waals surface area contributed by atoms with Gasteiger partial charge in [-0.2, -0.15) is 4.31 Å². The number of hydrogen-bond acceptors (Lipinski definition) is 6. The average molecular weight is 457 g/mol. The predicted molar refractivity (Wildman–Crippen MR) is 113 cm³/mol. The summed E-state index contributed by atoms with van der Waals surface area (Å²) >= 11 is 0. The molecule has 3 aromatic rings. The summed E-state index contributed by atoms with van der Waals surface area (Å²) < 4.78 is 42.6. The Morgan fingerprint density at radius 2 is 1.84 bits per heavy atom. The van der Waals surface area contributed by atoms with E-state index in [1.165, 1.54) is 28.6 Å². The average Bonchev–Trinajstić information content (AvgIpc) is 3.23. The monoisotopic (exact) mass is 457 g/mol. The molecule has 0 amide bonds. The third-order valence-electron chi connectivity index (χ3n) is 6.14. The van der Waals surface area contributed by atoms with Gasteiger partial charge in [-0.1, -0.05) is 6.07 Å². The summed E-state index contributed by atoms with van der Waals surface area (Å²) in [5.74, 6) is 0.958. The molecule has 2 aliphatic heterocycles. The molecule has 0 spiro atoms. The van der Waals surface area contributed by atoms with Crippen LogP contribution in [0.1, 0.15) is 36.0 Å². The molecule has 2 aromatic carbocycles. The zero-order valence-corrected chi connectivity index (χ0v) is 17.8. The van der Waals surface area contributed by atoms with Crippen molar-refractivity contribution >= 4 is 15.7 Å². The maximum Gasteiger partial charge on any atom is 0.269 e. The summed E-state index contributed by atoms with van der Waals surface area (Å²) in [5.41, 5.74) is 1.77. The van der Waals surface area contributed by atoms with Crippen LogP contribution in [0.25, 0.3) is 5.69 Å². The molecule has 5 rings (SSSR count). The van der Waals surface area contributed by atoms with Crippen molar-refractivity contribution in [2.45, 2.75) is 36.5 Å². The van der Waals surface area contributed by atoms with Gasteiger partial charge in [0.15, 0.2) is 0 Å². The summed E-state index contributed by atoms with van der Waals surface area (Å²) in [6.45, 7) is 0.581. The van der Waals surface area contributed by atoms with Crippen molar-refractivity contribution in [2.75, 3.05) is 13.1 Å². The molecule has 0 atom stereocenters. The summed E-state index contributed by atoms with van der Waals surface area (Å²) in [7, 11) is -3.77. The van der Waals surface area contributed by atoms with E-state index in [-0.39, 0.29) is 16.5 Å². The third kappa shape index (κ3) is 3.47. The zero-order valence-electron chi connectivity index (χ0n) is 17.0. The van der Waals surface area contributed by atoms with E-state index in [4.69, 9.17) is 0 Å². The lowest BCUT2D eigenvalue weighted by atomic mass is 9.95. The van der Waals surface area contributed by atoms with Crippen molar-refractivity contribution in [3.63, 3.8) is 0 Å². The van der Waals surface area contributed by atoms with Gasteiger partial charge in [-0.05, 0) is 49.1 Å². The van der Waals surface area contributed by atoms with E-state index < -0.39 is 20.8 Å². The van der Waals surface area contributed by atoms with Crippen molar-refractivity contribution in [2.24, 2.45) is 0 Å². The first-order chi connectivity index (χ1) is 15.3. The largest absolute Gasteiger partial charge is 0.282 e. The first-order valence-electron chi connectivity index (χ1n) is 10.3. The Balaban J connectivity index is 1.39. The van der Waals surface area contributed by atoms with Gasteiger partial charge in [0.2, 0.25) is 10.0 Å². The second kappa shape index (κ2) is 7.75. The Hall–Kier alpha value is -3.18. The molecule has 1 saturated heterocycles. The van der Waals surface area contributed by atoms with E-state index in [2.05, 4.69) is 10.2 Å². The molecule has 0 saturated carbocycles. The van der Waals surface area contributed by atoms with E-state index >= 15 is 0 Å². The molecule has 2 aliphatic rings. The highest BCUT2D eigenvalue weighted by atomic mass is 32.2. The van der Waals surface area contributed by atoms with Gasteiger partial charge in [0.1, 0.15) is 17.5 Å². The van der Waals surface area contributed by atoms with Crippen LogP contribution in [0, 0.1) is 15.9 Å². The Kier molecular flexibility index (Phi) is 5.01. The molecule has 1 fully saturated rings. The number of rotatable bonds is 4. The first-order valence-corrected chi connectivity index (χ1v) is 11.8. The molecular formula is C21H20FN5O4S. The van der Waals surface area contributed by atoms with Gasteiger partial charge in [-0.25, -0.2) is 12.8 Å². The molecule has 0 aliphatic carbocycles. The highest BCUT2D eigenvalue weighted by Crippen LogP contribution is 2.35. The smallest absolute Gasteiger partial charge is 0.269 e. The predicted octanol–water partition coefficient (Wildman–Crippen LogP) is 2.98. The van der Waals surface area contributed by atoms with Crippen molar-refractivity contribution < 1.29 is 17.7 Å². The minimum absolute atomic E-state index is 0.00338. The highest BCUT2D eigenvalue weighted by Gasteiger charge is 2.34. The number of aryl methyl sites for hydroxylation is 2. The number of fused-ring (bicyclic) bond motifs is 3. The van der Waals surface area contributed by atoms with Crippen LogP contribution in [-0.4, -0.2) is 45.5 Å². The molecule has 11 heteroatoms. The molecule has 0 radical (unpaired) electrons. The fourth-order valence-electron chi connectivity index (χ4n) is 4.50. The molecule has 3 heterocycles. The van der Waals surface area contributed by atoms with Gasteiger partial charge in [0.05, 0.1) is 15.5 Å². The van der Waals surface area contributed by atoms with Crippen LogP contribution in [0.5, 0.6) is 0 Å². The normalized spacial score (nSPS) is 17.0. The topological polar surface area (TPSA) is 111 Å². The quantitative estimate of drug-likeness (QED) is 0.440. The minimum atomic E-state index is -3.77. The number of benzene rings is 2. The van der Waals surface area contributed by atoms with Crippen LogP contribution in [0.15, 0.2) is 47.4 Å². The summed E-state index contributed by atoms with van der Waals surface area (Å²) in [5, 5.41) is 19.8. The van der Waals surface area contributed by atoms with Crippen molar-refractivity contribution in [1.82, 2.24) is 19.1 Å². The molecule has 9 nitrogen and oxygen atoms in total. The number of halogens is 1. The van der Waals surface area contributed by atoms with Crippen molar-refractivity contribution in [3.05, 3.63) is 75.6 Å². The number of nitro benzene ring substituents is 1. The highest BCUT2D eigenvalue weighted by molar-refractivity contribution is 7.89. The number of non-ortho nitro benzene ring substituents is 1. The molecule has 0 bridgehead atoms. The lowest BCUT2D eigenvalue weighted by Crippen LogP contribution is -2.38. The second-order valence-corrected chi connectivity index (χ2v) is 9.95. The Morgan fingerprint density at radius 3 is 2.56 bits per heavy atom. The summed E-state index contributed by atoms with van der Waals surface area (Å²) in [6.07, 6.45) is 2.39. The van der Waals surface area contributed by atoms with Crippen LogP contribution in [0.3, 0.4) is 0 Å².